The number of rotatable bonds is 4. The van der Waals surface area contributed by atoms with Crippen LogP contribution in [0.3, 0.4) is 0 Å². The van der Waals surface area contributed by atoms with E-state index in [1.54, 1.807) is 20.0 Å². The maximum absolute atomic E-state index is 14.3. The number of hydrogen-bond acceptors (Lipinski definition) is 5. The number of hydrogen-bond donors (Lipinski definition) is 1. The van der Waals surface area contributed by atoms with E-state index in [0.29, 0.717) is 41.5 Å². The molecule has 144 valence electrons. The maximum Gasteiger partial charge on any atom is 0.262 e. The van der Waals surface area contributed by atoms with Crippen LogP contribution in [0.2, 0.25) is 0 Å². The van der Waals surface area contributed by atoms with E-state index in [2.05, 4.69) is 15.3 Å². The molecule has 1 N–H and O–H groups in total. The molecule has 2 aromatic heterocycles. The van der Waals surface area contributed by atoms with Crippen molar-refractivity contribution in [3.8, 4) is 16.9 Å². The van der Waals surface area contributed by atoms with E-state index < -0.39 is 5.82 Å². The average Bonchev–Trinajstić information content (AvgIpc) is 3.13. The minimum absolute atomic E-state index is 0.166. The van der Waals surface area contributed by atoms with E-state index in [-0.39, 0.29) is 23.5 Å². The first kappa shape index (κ1) is 18.1. The molecule has 0 amide bonds. The molecule has 0 unspecified atom stereocenters. The molecule has 0 atom stereocenters. The number of nitrogens with zero attached hydrogens (tertiary/aromatic N) is 3. The molecule has 0 saturated carbocycles. The highest BCUT2D eigenvalue weighted by atomic mass is 19.1. The number of pyridine rings is 1. The standard InChI is InChI=1S/C20H18F2N4O2/c1-11-18(12-7-13(21)9-23-8-12)19(27)26(2)20(25-11)24-10-15-14-5-6-28-17(14)4-3-16(15)22/h3-4,7-9H,5-6,10H2,1-2H3,(H,24,25). The maximum atomic E-state index is 14.3. The van der Waals surface area contributed by atoms with Crippen LogP contribution in [0.5, 0.6) is 5.75 Å². The van der Waals surface area contributed by atoms with Gasteiger partial charge in [-0.25, -0.2) is 13.8 Å². The Labute approximate surface area is 159 Å². The summed E-state index contributed by atoms with van der Waals surface area (Å²) in [5.41, 5.74) is 2.06. The molecule has 1 aliphatic heterocycles. The Morgan fingerprint density at radius 2 is 2.11 bits per heavy atom. The monoisotopic (exact) mass is 384 g/mol. The van der Waals surface area contributed by atoms with E-state index in [9.17, 15) is 13.6 Å². The van der Waals surface area contributed by atoms with Crippen LogP contribution in [0, 0.1) is 18.6 Å². The lowest BCUT2D eigenvalue weighted by Gasteiger charge is -2.15. The summed E-state index contributed by atoms with van der Waals surface area (Å²) >= 11 is 0. The number of aromatic nitrogens is 3. The summed E-state index contributed by atoms with van der Waals surface area (Å²) in [5, 5.41) is 3.04. The largest absolute Gasteiger partial charge is 0.493 e. The molecule has 0 spiro atoms. The van der Waals surface area contributed by atoms with Gasteiger partial charge in [-0.05, 0) is 25.1 Å². The molecule has 0 aliphatic carbocycles. The van der Waals surface area contributed by atoms with Crippen LogP contribution in [0.4, 0.5) is 14.7 Å². The number of anilines is 1. The average molecular weight is 384 g/mol. The predicted octanol–water partition coefficient (Wildman–Crippen LogP) is 2.98. The minimum atomic E-state index is -0.531. The van der Waals surface area contributed by atoms with Gasteiger partial charge in [0.2, 0.25) is 5.95 Å². The molecule has 0 radical (unpaired) electrons. The molecule has 6 nitrogen and oxygen atoms in total. The topological polar surface area (TPSA) is 69.0 Å². The van der Waals surface area contributed by atoms with Crippen molar-refractivity contribution in [2.75, 3.05) is 11.9 Å². The van der Waals surface area contributed by atoms with Gasteiger partial charge in [0.05, 0.1) is 24.1 Å². The summed E-state index contributed by atoms with van der Waals surface area (Å²) in [7, 11) is 1.56. The molecule has 8 heteroatoms. The second kappa shape index (κ2) is 7.03. The molecule has 1 aromatic carbocycles. The zero-order valence-corrected chi connectivity index (χ0v) is 15.4. The Morgan fingerprint density at radius 3 is 2.89 bits per heavy atom. The van der Waals surface area contributed by atoms with E-state index in [1.165, 1.54) is 22.9 Å². The van der Waals surface area contributed by atoms with Crippen LogP contribution in [0.15, 0.2) is 35.4 Å². The van der Waals surface area contributed by atoms with Crippen molar-refractivity contribution >= 4 is 5.95 Å². The minimum Gasteiger partial charge on any atom is -0.493 e. The van der Waals surface area contributed by atoms with Crippen LogP contribution < -0.4 is 15.6 Å². The molecular weight excluding hydrogens is 366 g/mol. The third kappa shape index (κ3) is 3.11. The number of halogens is 2. The Bertz CT molecular complexity index is 1130. The second-order valence-corrected chi connectivity index (χ2v) is 6.61. The van der Waals surface area contributed by atoms with E-state index >= 15 is 0 Å². The molecular formula is C20H18F2N4O2. The van der Waals surface area contributed by atoms with Gasteiger partial charge in [-0.15, -0.1) is 0 Å². The first-order valence-electron chi connectivity index (χ1n) is 8.81. The first-order valence-corrected chi connectivity index (χ1v) is 8.81. The van der Waals surface area contributed by atoms with Gasteiger partial charge in [0.1, 0.15) is 17.4 Å². The van der Waals surface area contributed by atoms with Crippen LogP contribution in [-0.2, 0) is 20.0 Å². The summed E-state index contributed by atoms with van der Waals surface area (Å²) in [6.45, 7) is 2.36. The van der Waals surface area contributed by atoms with Gasteiger partial charge < -0.3 is 10.1 Å². The lowest BCUT2D eigenvalue weighted by molar-refractivity contribution is 0.356. The lowest BCUT2D eigenvalue weighted by atomic mass is 10.0. The fraction of sp³-hybridized carbons (Fsp3) is 0.250. The van der Waals surface area contributed by atoms with Gasteiger partial charge in [-0.3, -0.25) is 14.3 Å². The van der Waals surface area contributed by atoms with Crippen molar-refractivity contribution in [1.82, 2.24) is 14.5 Å². The normalized spacial score (nSPS) is 12.6. The van der Waals surface area contributed by atoms with Gasteiger partial charge in [0.25, 0.3) is 5.56 Å². The molecule has 28 heavy (non-hydrogen) atoms. The van der Waals surface area contributed by atoms with Gasteiger partial charge in [-0.2, -0.15) is 0 Å². The van der Waals surface area contributed by atoms with Crippen molar-refractivity contribution < 1.29 is 13.5 Å². The highest BCUT2D eigenvalue weighted by Gasteiger charge is 2.20. The fourth-order valence-corrected chi connectivity index (χ4v) is 3.42. The first-order chi connectivity index (χ1) is 13.5. The Balaban J connectivity index is 1.68. The number of ether oxygens (including phenoxy) is 1. The molecule has 0 fully saturated rings. The van der Waals surface area contributed by atoms with Gasteiger partial charge in [-0.1, -0.05) is 0 Å². The van der Waals surface area contributed by atoms with Crippen molar-refractivity contribution in [1.29, 1.82) is 0 Å². The SMILES string of the molecule is Cc1nc(NCc2c(F)ccc3c2CCO3)n(C)c(=O)c1-c1cncc(F)c1. The zero-order chi connectivity index (χ0) is 19.8. The summed E-state index contributed by atoms with van der Waals surface area (Å²) in [4.78, 5) is 21.0. The number of aryl methyl sites for hydroxylation is 1. The van der Waals surface area contributed by atoms with Crippen LogP contribution in [-0.4, -0.2) is 21.1 Å². The van der Waals surface area contributed by atoms with Crippen molar-refractivity contribution in [2.24, 2.45) is 7.05 Å². The van der Waals surface area contributed by atoms with E-state index in [1.807, 2.05) is 0 Å². The smallest absolute Gasteiger partial charge is 0.262 e. The van der Waals surface area contributed by atoms with Crippen LogP contribution in [0.1, 0.15) is 16.8 Å². The number of nitrogens with one attached hydrogen (secondary N) is 1. The highest BCUT2D eigenvalue weighted by molar-refractivity contribution is 5.64. The number of benzene rings is 1. The zero-order valence-electron chi connectivity index (χ0n) is 15.4. The quantitative estimate of drug-likeness (QED) is 0.749. The summed E-state index contributed by atoms with van der Waals surface area (Å²) < 4.78 is 34.6. The highest BCUT2D eigenvalue weighted by Crippen LogP contribution is 2.30. The Hall–Kier alpha value is -3.29. The molecule has 0 bridgehead atoms. The summed E-state index contributed by atoms with van der Waals surface area (Å²) in [6, 6.07) is 4.24. The number of fused-ring (bicyclic) bond motifs is 1. The van der Waals surface area contributed by atoms with E-state index in [0.717, 1.165) is 11.8 Å². The van der Waals surface area contributed by atoms with Gasteiger partial charge in [0, 0.05) is 42.9 Å². The second-order valence-electron chi connectivity index (χ2n) is 6.61. The van der Waals surface area contributed by atoms with Crippen LogP contribution >= 0.6 is 0 Å². The molecule has 0 saturated heterocycles. The lowest BCUT2D eigenvalue weighted by Crippen LogP contribution is -2.25. The molecule has 4 rings (SSSR count). The van der Waals surface area contributed by atoms with Crippen molar-refractivity contribution in [2.45, 2.75) is 19.9 Å². The fourth-order valence-electron chi connectivity index (χ4n) is 3.42. The summed E-state index contributed by atoms with van der Waals surface area (Å²) in [5.74, 6) is 0.120. The Kier molecular flexibility index (Phi) is 4.54. The molecule has 3 aromatic rings. The molecule has 1 aliphatic rings. The van der Waals surface area contributed by atoms with Crippen molar-refractivity contribution in [3.05, 3.63) is 69.4 Å². The van der Waals surface area contributed by atoms with Crippen molar-refractivity contribution in [3.63, 3.8) is 0 Å². The predicted molar refractivity (Wildman–Crippen MR) is 100 cm³/mol. The van der Waals surface area contributed by atoms with Gasteiger partial charge >= 0.3 is 0 Å². The summed E-state index contributed by atoms with van der Waals surface area (Å²) in [6.07, 6.45) is 3.13. The third-order valence-corrected chi connectivity index (χ3v) is 4.83. The van der Waals surface area contributed by atoms with E-state index in [4.69, 9.17) is 4.74 Å². The Morgan fingerprint density at radius 1 is 1.29 bits per heavy atom. The molecule has 3 heterocycles. The van der Waals surface area contributed by atoms with Gasteiger partial charge in [0.15, 0.2) is 0 Å². The van der Waals surface area contributed by atoms with Crippen LogP contribution in [0.25, 0.3) is 11.1 Å². The third-order valence-electron chi connectivity index (χ3n) is 4.83.